The van der Waals surface area contributed by atoms with E-state index in [0.29, 0.717) is 6.42 Å². The minimum Gasteiger partial charge on any atom is -0.393 e. The quantitative estimate of drug-likeness (QED) is 0.623. The molecule has 1 N–H and O–H groups in total. The van der Waals surface area contributed by atoms with E-state index < -0.39 is 0 Å². The second kappa shape index (κ2) is 3.44. The molecule has 3 heteroatoms. The Bertz CT molecular complexity index is 169. The number of nitrogens with zero attached hydrogens (tertiary/aromatic N) is 1. The predicted molar refractivity (Wildman–Crippen MR) is 46.6 cm³/mol. The van der Waals surface area contributed by atoms with Crippen molar-refractivity contribution in [3.8, 4) is 0 Å². The lowest BCUT2D eigenvalue weighted by atomic mass is 10.1. The van der Waals surface area contributed by atoms with Gasteiger partial charge in [0.05, 0.1) is 6.10 Å². The average Bonchev–Trinajstić information content (AvgIpc) is 2.30. The Morgan fingerprint density at radius 1 is 1.42 bits per heavy atom. The number of amides is 1. The van der Waals surface area contributed by atoms with Gasteiger partial charge in [0.1, 0.15) is 0 Å². The van der Waals surface area contributed by atoms with E-state index in [-0.39, 0.29) is 23.8 Å². The molecular weight excluding hydrogens is 154 g/mol. The van der Waals surface area contributed by atoms with Crippen LogP contribution in [0.5, 0.6) is 0 Å². The molecule has 1 fully saturated rings. The van der Waals surface area contributed by atoms with E-state index in [0.717, 1.165) is 6.42 Å². The fourth-order valence-corrected chi connectivity index (χ4v) is 1.79. The minimum atomic E-state index is -0.279. The number of hydrogen-bond donors (Lipinski definition) is 1. The van der Waals surface area contributed by atoms with Gasteiger partial charge in [-0.15, -0.1) is 0 Å². The van der Waals surface area contributed by atoms with E-state index in [9.17, 15) is 9.90 Å². The van der Waals surface area contributed by atoms with Crippen molar-refractivity contribution in [3.63, 3.8) is 0 Å². The van der Waals surface area contributed by atoms with Gasteiger partial charge in [-0.05, 0) is 18.8 Å². The lowest BCUT2D eigenvalue weighted by molar-refractivity contribution is -0.133. The molecule has 0 aromatic rings. The van der Waals surface area contributed by atoms with Crippen LogP contribution in [0.3, 0.4) is 0 Å². The topological polar surface area (TPSA) is 40.5 Å². The van der Waals surface area contributed by atoms with E-state index in [1.807, 2.05) is 6.92 Å². The van der Waals surface area contributed by atoms with Crippen LogP contribution < -0.4 is 0 Å². The van der Waals surface area contributed by atoms with E-state index in [2.05, 4.69) is 0 Å². The van der Waals surface area contributed by atoms with E-state index in [1.165, 1.54) is 0 Å². The molecule has 0 aromatic heterocycles. The van der Waals surface area contributed by atoms with Crippen molar-refractivity contribution in [1.82, 2.24) is 4.90 Å². The van der Waals surface area contributed by atoms with Crippen molar-refractivity contribution in [1.29, 1.82) is 0 Å². The molecule has 12 heavy (non-hydrogen) atoms. The van der Waals surface area contributed by atoms with Crippen molar-refractivity contribution in [2.24, 2.45) is 11.8 Å². The van der Waals surface area contributed by atoms with Gasteiger partial charge in [-0.3, -0.25) is 4.79 Å². The zero-order valence-corrected chi connectivity index (χ0v) is 7.95. The normalized spacial score (nSPS) is 35.2. The molecule has 0 spiro atoms. The molecule has 0 bridgehead atoms. The molecule has 3 nitrogen and oxygen atoms in total. The summed E-state index contributed by atoms with van der Waals surface area (Å²) >= 11 is 0. The largest absolute Gasteiger partial charge is 0.393 e. The summed E-state index contributed by atoms with van der Waals surface area (Å²) in [6.07, 6.45) is 1.19. The number of rotatable bonds is 1. The Morgan fingerprint density at radius 2 is 2.00 bits per heavy atom. The van der Waals surface area contributed by atoms with Crippen molar-refractivity contribution in [2.75, 3.05) is 14.1 Å². The van der Waals surface area contributed by atoms with Crippen LogP contribution in [0.2, 0.25) is 0 Å². The van der Waals surface area contributed by atoms with E-state index in [4.69, 9.17) is 0 Å². The maximum Gasteiger partial charge on any atom is 0.225 e. The Labute approximate surface area is 73.4 Å². The SMILES string of the molecule is C[C@@H]1C[C@H](C(=O)N(C)C)C[C@@H]1O. The van der Waals surface area contributed by atoms with Gasteiger partial charge in [0, 0.05) is 20.0 Å². The van der Waals surface area contributed by atoms with Crippen molar-refractivity contribution in [3.05, 3.63) is 0 Å². The van der Waals surface area contributed by atoms with Crippen LogP contribution in [-0.4, -0.2) is 36.1 Å². The monoisotopic (exact) mass is 171 g/mol. The maximum atomic E-state index is 11.5. The Morgan fingerprint density at radius 3 is 2.33 bits per heavy atom. The summed E-state index contributed by atoms with van der Waals surface area (Å²) in [6.45, 7) is 1.99. The first-order chi connectivity index (χ1) is 5.52. The van der Waals surface area contributed by atoms with Crippen LogP contribution in [0.25, 0.3) is 0 Å². The van der Waals surface area contributed by atoms with Gasteiger partial charge < -0.3 is 10.0 Å². The molecule has 0 aromatic carbocycles. The van der Waals surface area contributed by atoms with Gasteiger partial charge in [-0.2, -0.15) is 0 Å². The highest BCUT2D eigenvalue weighted by Gasteiger charge is 2.34. The third-order valence-electron chi connectivity index (χ3n) is 2.63. The van der Waals surface area contributed by atoms with Crippen molar-refractivity contribution >= 4 is 5.91 Å². The number of aliphatic hydroxyl groups excluding tert-OH is 1. The first-order valence-corrected chi connectivity index (χ1v) is 4.41. The second-order valence-corrected chi connectivity index (χ2v) is 3.95. The van der Waals surface area contributed by atoms with Gasteiger partial charge in [-0.1, -0.05) is 6.92 Å². The molecule has 3 atom stereocenters. The molecule has 1 amide bonds. The lowest BCUT2D eigenvalue weighted by Crippen LogP contribution is -2.28. The van der Waals surface area contributed by atoms with E-state index in [1.54, 1.807) is 19.0 Å². The summed E-state index contributed by atoms with van der Waals surface area (Å²) in [4.78, 5) is 13.1. The molecule has 1 rings (SSSR count). The summed E-state index contributed by atoms with van der Waals surface area (Å²) in [7, 11) is 3.52. The highest BCUT2D eigenvalue weighted by atomic mass is 16.3. The average molecular weight is 171 g/mol. The highest BCUT2D eigenvalue weighted by Crippen LogP contribution is 2.31. The molecule has 0 aliphatic heterocycles. The number of hydrogen-bond acceptors (Lipinski definition) is 2. The van der Waals surface area contributed by atoms with Crippen LogP contribution in [0, 0.1) is 11.8 Å². The van der Waals surface area contributed by atoms with Crippen molar-refractivity contribution in [2.45, 2.75) is 25.9 Å². The molecule has 70 valence electrons. The van der Waals surface area contributed by atoms with Gasteiger partial charge in [0.2, 0.25) is 5.91 Å². The third kappa shape index (κ3) is 1.78. The third-order valence-corrected chi connectivity index (χ3v) is 2.63. The number of carbonyl (C=O) groups is 1. The molecule has 0 unspecified atom stereocenters. The fraction of sp³-hybridized carbons (Fsp3) is 0.889. The maximum absolute atomic E-state index is 11.5. The van der Waals surface area contributed by atoms with Gasteiger partial charge in [0.15, 0.2) is 0 Å². The molecule has 1 aliphatic rings. The number of carbonyl (C=O) groups excluding carboxylic acids is 1. The lowest BCUT2D eigenvalue weighted by Gasteiger charge is -2.15. The first kappa shape index (κ1) is 9.52. The molecular formula is C9H17NO2. The van der Waals surface area contributed by atoms with Gasteiger partial charge in [0.25, 0.3) is 0 Å². The predicted octanol–water partition coefficient (Wildman–Crippen LogP) is 0.482. The Balaban J connectivity index is 2.52. The van der Waals surface area contributed by atoms with Crippen LogP contribution >= 0.6 is 0 Å². The van der Waals surface area contributed by atoms with Crippen LogP contribution in [0.1, 0.15) is 19.8 Å². The Kier molecular flexibility index (Phi) is 2.73. The van der Waals surface area contributed by atoms with Crippen LogP contribution in [0.4, 0.5) is 0 Å². The summed E-state index contributed by atoms with van der Waals surface area (Å²) in [5.41, 5.74) is 0. The summed E-state index contributed by atoms with van der Waals surface area (Å²) in [5.74, 6) is 0.474. The standard InChI is InChI=1S/C9H17NO2/c1-6-4-7(5-8(6)11)9(12)10(2)3/h6-8,11H,4-5H2,1-3H3/t6-,7+,8+/m1/s1. The van der Waals surface area contributed by atoms with Crippen LogP contribution in [-0.2, 0) is 4.79 Å². The molecule has 0 saturated heterocycles. The highest BCUT2D eigenvalue weighted by molar-refractivity contribution is 5.78. The van der Waals surface area contributed by atoms with Crippen LogP contribution in [0.15, 0.2) is 0 Å². The number of aliphatic hydroxyl groups is 1. The first-order valence-electron chi connectivity index (χ1n) is 4.41. The fourth-order valence-electron chi connectivity index (χ4n) is 1.79. The molecule has 1 aliphatic carbocycles. The molecule has 1 saturated carbocycles. The summed E-state index contributed by atoms with van der Waals surface area (Å²) < 4.78 is 0. The minimum absolute atomic E-state index is 0.0463. The molecule has 0 radical (unpaired) electrons. The summed E-state index contributed by atoms with van der Waals surface area (Å²) in [6, 6.07) is 0. The zero-order valence-electron chi connectivity index (χ0n) is 7.95. The summed E-state index contributed by atoms with van der Waals surface area (Å²) in [5, 5.41) is 9.43. The van der Waals surface area contributed by atoms with Gasteiger partial charge in [-0.25, -0.2) is 0 Å². The van der Waals surface area contributed by atoms with Gasteiger partial charge >= 0.3 is 0 Å². The van der Waals surface area contributed by atoms with E-state index >= 15 is 0 Å². The second-order valence-electron chi connectivity index (χ2n) is 3.95. The zero-order chi connectivity index (χ0) is 9.30. The van der Waals surface area contributed by atoms with Crippen molar-refractivity contribution < 1.29 is 9.90 Å². The smallest absolute Gasteiger partial charge is 0.225 e. The molecule has 0 heterocycles. The Hall–Kier alpha value is -0.570.